The molecule has 29 heavy (non-hydrogen) atoms. The molecule has 2 heterocycles. The Labute approximate surface area is 169 Å². The van der Waals surface area contributed by atoms with Crippen LogP contribution < -0.4 is 5.32 Å². The summed E-state index contributed by atoms with van der Waals surface area (Å²) in [6.07, 6.45) is 0. The van der Waals surface area contributed by atoms with Crippen LogP contribution in [0.4, 0.5) is 10.7 Å². The third-order valence-corrected chi connectivity index (χ3v) is 5.09. The van der Waals surface area contributed by atoms with Crippen molar-refractivity contribution in [1.82, 2.24) is 9.78 Å². The summed E-state index contributed by atoms with van der Waals surface area (Å²) >= 11 is 0.831. The van der Waals surface area contributed by atoms with Crippen LogP contribution in [0.5, 0.6) is 0 Å². The van der Waals surface area contributed by atoms with Crippen molar-refractivity contribution in [2.75, 3.05) is 18.5 Å². The second-order valence-electron chi connectivity index (χ2n) is 5.82. The highest BCUT2D eigenvalue weighted by Crippen LogP contribution is 2.35. The number of nitro groups is 1. The molecule has 0 aliphatic carbocycles. The van der Waals surface area contributed by atoms with E-state index in [9.17, 15) is 24.5 Å². The number of ether oxygens (including phenoxy) is 2. The van der Waals surface area contributed by atoms with Crippen LogP contribution in [-0.2, 0) is 16.5 Å². The van der Waals surface area contributed by atoms with Crippen LogP contribution in [0.1, 0.15) is 55.6 Å². The van der Waals surface area contributed by atoms with Gasteiger partial charge in [0.1, 0.15) is 15.6 Å². The number of carbonyl (C=O) groups excluding carboxylic acids is 3. The Hall–Kier alpha value is -3.28. The lowest BCUT2D eigenvalue weighted by atomic mass is 10.1. The summed E-state index contributed by atoms with van der Waals surface area (Å²) in [6.45, 7) is 6.41. The molecule has 0 aliphatic rings. The molecule has 2 aromatic rings. The van der Waals surface area contributed by atoms with Gasteiger partial charge in [-0.1, -0.05) is 0 Å². The molecule has 12 heteroatoms. The van der Waals surface area contributed by atoms with Crippen molar-refractivity contribution in [2.45, 2.75) is 27.7 Å². The van der Waals surface area contributed by atoms with Gasteiger partial charge in [-0.2, -0.15) is 5.10 Å². The second-order valence-corrected chi connectivity index (χ2v) is 6.84. The van der Waals surface area contributed by atoms with E-state index in [1.807, 2.05) is 0 Å². The molecule has 0 spiro atoms. The summed E-state index contributed by atoms with van der Waals surface area (Å²) in [4.78, 5) is 48.1. The lowest BCUT2D eigenvalue weighted by molar-refractivity contribution is -0.385. The monoisotopic (exact) mass is 424 g/mol. The number of nitrogens with zero attached hydrogens (tertiary/aromatic N) is 3. The highest BCUT2D eigenvalue weighted by Gasteiger charge is 2.32. The summed E-state index contributed by atoms with van der Waals surface area (Å²) in [7, 11) is 1.39. The van der Waals surface area contributed by atoms with Gasteiger partial charge in [0, 0.05) is 7.05 Å². The van der Waals surface area contributed by atoms with Crippen molar-refractivity contribution < 1.29 is 28.8 Å². The normalized spacial score (nSPS) is 10.5. The van der Waals surface area contributed by atoms with Gasteiger partial charge in [-0.15, -0.1) is 11.3 Å². The zero-order valence-electron chi connectivity index (χ0n) is 16.5. The van der Waals surface area contributed by atoms with Crippen LogP contribution in [0.15, 0.2) is 0 Å². The molecule has 0 fully saturated rings. The number of hydrogen-bond donors (Lipinski definition) is 1. The zero-order valence-corrected chi connectivity index (χ0v) is 17.3. The van der Waals surface area contributed by atoms with Gasteiger partial charge in [0.25, 0.3) is 5.91 Å². The number of thiophene rings is 1. The second kappa shape index (κ2) is 8.82. The van der Waals surface area contributed by atoms with Crippen molar-refractivity contribution in [3.05, 3.63) is 37.5 Å². The average molecular weight is 424 g/mol. The first-order valence-corrected chi connectivity index (χ1v) is 9.42. The van der Waals surface area contributed by atoms with Gasteiger partial charge in [0.15, 0.2) is 0 Å². The van der Waals surface area contributed by atoms with E-state index in [4.69, 9.17) is 9.47 Å². The minimum atomic E-state index is -0.845. The summed E-state index contributed by atoms with van der Waals surface area (Å²) in [5, 5.41) is 17.8. The van der Waals surface area contributed by atoms with E-state index in [1.165, 1.54) is 20.9 Å². The fraction of sp³-hybridized carbons (Fsp3) is 0.412. The van der Waals surface area contributed by atoms with E-state index in [0.29, 0.717) is 0 Å². The Morgan fingerprint density at radius 1 is 1.17 bits per heavy atom. The summed E-state index contributed by atoms with van der Waals surface area (Å²) in [6, 6.07) is 0. The third-order valence-electron chi connectivity index (χ3n) is 3.90. The molecule has 11 nitrogen and oxygen atoms in total. The maximum Gasteiger partial charge on any atom is 0.348 e. The number of aromatic nitrogens is 2. The van der Waals surface area contributed by atoms with Crippen LogP contribution in [-0.4, -0.2) is 45.8 Å². The molecular weight excluding hydrogens is 404 g/mol. The molecule has 0 aromatic carbocycles. The number of rotatable bonds is 7. The van der Waals surface area contributed by atoms with E-state index in [-0.39, 0.29) is 45.6 Å². The number of aryl methyl sites for hydroxylation is 2. The van der Waals surface area contributed by atoms with Crippen molar-refractivity contribution in [3.63, 3.8) is 0 Å². The van der Waals surface area contributed by atoms with Gasteiger partial charge in [0.05, 0.1) is 23.7 Å². The largest absolute Gasteiger partial charge is 0.462 e. The van der Waals surface area contributed by atoms with Crippen LogP contribution in [0.2, 0.25) is 0 Å². The first-order chi connectivity index (χ1) is 13.6. The molecule has 1 amide bonds. The summed E-state index contributed by atoms with van der Waals surface area (Å²) in [5.41, 5.74) is -0.372. The molecule has 2 aromatic heterocycles. The fourth-order valence-corrected chi connectivity index (χ4v) is 3.81. The molecule has 0 aliphatic heterocycles. The Balaban J connectivity index is 2.53. The van der Waals surface area contributed by atoms with Crippen molar-refractivity contribution in [2.24, 2.45) is 7.05 Å². The molecule has 0 bridgehead atoms. The van der Waals surface area contributed by atoms with Crippen LogP contribution in [0.3, 0.4) is 0 Å². The fourth-order valence-electron chi connectivity index (χ4n) is 2.72. The number of anilines is 1. The molecule has 0 radical (unpaired) electrons. The average Bonchev–Trinajstić information content (AvgIpc) is 3.11. The Kier molecular flexibility index (Phi) is 6.69. The molecule has 1 N–H and O–H groups in total. The molecule has 2 rings (SSSR count). The number of carbonyl (C=O) groups is 3. The van der Waals surface area contributed by atoms with Crippen molar-refractivity contribution in [1.29, 1.82) is 0 Å². The molecule has 0 saturated carbocycles. The molecule has 156 valence electrons. The van der Waals surface area contributed by atoms with Gasteiger partial charge in [0.2, 0.25) is 5.69 Å². The molecule has 0 saturated heterocycles. The number of esters is 2. The standard InChI is InChI=1S/C17H20N4O7S/c1-6-27-16(23)10-8(3)13(17(24)28-7-2)29-15(10)18-14(22)12-11(21(25)26)9(4)19-20(12)5/h6-7H2,1-5H3,(H,18,22). The number of nitrogens with one attached hydrogen (secondary N) is 1. The van der Waals surface area contributed by atoms with E-state index < -0.39 is 28.5 Å². The first kappa shape index (κ1) is 22.0. The minimum absolute atomic E-state index is 0.00482. The quantitative estimate of drug-likeness (QED) is 0.406. The predicted molar refractivity (Wildman–Crippen MR) is 104 cm³/mol. The van der Waals surface area contributed by atoms with Gasteiger partial charge in [-0.3, -0.25) is 19.6 Å². The maximum absolute atomic E-state index is 12.8. The van der Waals surface area contributed by atoms with E-state index >= 15 is 0 Å². The SMILES string of the molecule is CCOC(=O)c1sc(NC(=O)c2c([N+](=O)[O-])c(C)nn2C)c(C(=O)OCC)c1C. The Morgan fingerprint density at radius 3 is 2.31 bits per heavy atom. The molecule has 0 atom stereocenters. The topological polar surface area (TPSA) is 143 Å². The Bertz CT molecular complexity index is 993. The van der Waals surface area contributed by atoms with E-state index in [1.54, 1.807) is 13.8 Å². The smallest absolute Gasteiger partial charge is 0.348 e. The lowest BCUT2D eigenvalue weighted by Gasteiger charge is -2.07. The third kappa shape index (κ3) is 4.26. The maximum atomic E-state index is 12.8. The van der Waals surface area contributed by atoms with Gasteiger partial charge >= 0.3 is 17.6 Å². The summed E-state index contributed by atoms with van der Waals surface area (Å²) < 4.78 is 11.1. The van der Waals surface area contributed by atoms with Crippen LogP contribution in [0.25, 0.3) is 0 Å². The minimum Gasteiger partial charge on any atom is -0.462 e. The van der Waals surface area contributed by atoms with E-state index in [0.717, 1.165) is 16.0 Å². The van der Waals surface area contributed by atoms with Crippen LogP contribution >= 0.6 is 11.3 Å². The van der Waals surface area contributed by atoms with Crippen molar-refractivity contribution in [3.8, 4) is 0 Å². The predicted octanol–water partition coefficient (Wildman–Crippen LogP) is 2.61. The van der Waals surface area contributed by atoms with E-state index in [2.05, 4.69) is 10.4 Å². The summed E-state index contributed by atoms with van der Waals surface area (Å²) in [5.74, 6) is -2.23. The lowest BCUT2D eigenvalue weighted by Crippen LogP contribution is -2.19. The molecule has 0 unspecified atom stereocenters. The van der Waals surface area contributed by atoms with Gasteiger partial charge in [-0.25, -0.2) is 9.59 Å². The van der Waals surface area contributed by atoms with Crippen LogP contribution in [0, 0.1) is 24.0 Å². The molecular formula is C17H20N4O7S. The number of amides is 1. The van der Waals surface area contributed by atoms with Gasteiger partial charge < -0.3 is 14.8 Å². The zero-order chi connectivity index (χ0) is 21.9. The number of hydrogen-bond acceptors (Lipinski definition) is 9. The van der Waals surface area contributed by atoms with Crippen molar-refractivity contribution >= 4 is 39.9 Å². The van der Waals surface area contributed by atoms with Gasteiger partial charge in [-0.05, 0) is 33.3 Å². The Morgan fingerprint density at radius 2 is 1.76 bits per heavy atom. The first-order valence-electron chi connectivity index (χ1n) is 8.60. The highest BCUT2D eigenvalue weighted by molar-refractivity contribution is 7.18. The highest BCUT2D eigenvalue weighted by atomic mass is 32.1.